The highest BCUT2D eigenvalue weighted by Gasteiger charge is 2.17. The molecule has 0 saturated heterocycles. The van der Waals surface area contributed by atoms with E-state index in [4.69, 9.17) is 17.3 Å². The van der Waals surface area contributed by atoms with Gasteiger partial charge >= 0.3 is 0 Å². The predicted octanol–water partition coefficient (Wildman–Crippen LogP) is 1.36. The second kappa shape index (κ2) is 6.38. The second-order valence-electron chi connectivity index (χ2n) is 3.94. The number of anilines is 1. The van der Waals surface area contributed by atoms with Gasteiger partial charge in [-0.25, -0.2) is 13.1 Å². The molecule has 18 heavy (non-hydrogen) atoms. The van der Waals surface area contributed by atoms with Crippen LogP contribution in [-0.2, 0) is 10.0 Å². The summed E-state index contributed by atoms with van der Waals surface area (Å²) >= 11 is 5.83. The summed E-state index contributed by atoms with van der Waals surface area (Å²) in [4.78, 5) is -0.00986. The van der Waals surface area contributed by atoms with E-state index >= 15 is 0 Å². The van der Waals surface area contributed by atoms with E-state index in [-0.39, 0.29) is 16.5 Å². The van der Waals surface area contributed by atoms with Gasteiger partial charge in [-0.2, -0.15) is 0 Å². The average molecular weight is 293 g/mol. The minimum absolute atomic E-state index is 0.00986. The summed E-state index contributed by atoms with van der Waals surface area (Å²) in [5.74, 6) is 0. The molecular formula is C11H17ClN2O3S. The third-order valence-corrected chi connectivity index (χ3v) is 4.43. The summed E-state index contributed by atoms with van der Waals surface area (Å²) in [6.07, 6.45) is 0.446. The Morgan fingerprint density at radius 1 is 1.50 bits per heavy atom. The lowest BCUT2D eigenvalue weighted by Crippen LogP contribution is -2.27. The number of nitrogens with two attached hydrogens (primary N) is 1. The van der Waals surface area contributed by atoms with Crippen LogP contribution in [0.15, 0.2) is 23.1 Å². The van der Waals surface area contributed by atoms with Crippen LogP contribution >= 0.6 is 11.6 Å². The molecule has 1 aromatic rings. The van der Waals surface area contributed by atoms with Crippen molar-refractivity contribution in [2.45, 2.75) is 30.8 Å². The average Bonchev–Trinajstić information content (AvgIpc) is 2.27. The first-order valence-corrected chi connectivity index (χ1v) is 7.45. The van der Waals surface area contributed by atoms with Crippen LogP contribution < -0.4 is 10.5 Å². The fourth-order valence-electron chi connectivity index (χ4n) is 1.38. The van der Waals surface area contributed by atoms with Crippen LogP contribution in [-0.4, -0.2) is 26.2 Å². The van der Waals surface area contributed by atoms with E-state index in [1.54, 1.807) is 0 Å². The van der Waals surface area contributed by atoms with Crippen molar-refractivity contribution in [1.82, 2.24) is 4.72 Å². The third kappa shape index (κ3) is 4.13. The molecule has 1 unspecified atom stereocenters. The molecule has 1 atom stereocenters. The number of aliphatic hydroxyl groups excluding tert-OH is 1. The molecule has 0 amide bonds. The zero-order valence-corrected chi connectivity index (χ0v) is 11.6. The maximum Gasteiger partial charge on any atom is 0.242 e. The largest absolute Gasteiger partial charge is 0.399 e. The number of rotatable bonds is 6. The summed E-state index contributed by atoms with van der Waals surface area (Å²) in [5, 5.41) is 9.42. The number of nitrogen functional groups attached to an aromatic ring is 1. The number of halogens is 1. The van der Waals surface area contributed by atoms with E-state index in [1.807, 2.05) is 6.92 Å². The first-order valence-electron chi connectivity index (χ1n) is 5.59. The van der Waals surface area contributed by atoms with Crippen LogP contribution in [0.2, 0.25) is 5.02 Å². The highest BCUT2D eigenvalue weighted by Crippen LogP contribution is 2.23. The van der Waals surface area contributed by atoms with Crippen LogP contribution in [0.25, 0.3) is 0 Å². The third-order valence-electron chi connectivity index (χ3n) is 2.49. The van der Waals surface area contributed by atoms with Crippen molar-refractivity contribution in [2.75, 3.05) is 12.3 Å². The summed E-state index contributed by atoms with van der Waals surface area (Å²) in [6.45, 7) is 1.99. The van der Waals surface area contributed by atoms with E-state index < -0.39 is 16.1 Å². The Hall–Kier alpha value is -0.820. The highest BCUT2D eigenvalue weighted by atomic mass is 35.5. The lowest BCUT2D eigenvalue weighted by Gasteiger charge is -2.10. The second-order valence-corrected chi connectivity index (χ2v) is 6.08. The monoisotopic (exact) mass is 292 g/mol. The molecule has 0 saturated carbocycles. The predicted molar refractivity (Wildman–Crippen MR) is 72.0 cm³/mol. The van der Waals surface area contributed by atoms with Gasteiger partial charge in [-0.3, -0.25) is 0 Å². The summed E-state index contributed by atoms with van der Waals surface area (Å²) in [6, 6.07) is 4.22. The van der Waals surface area contributed by atoms with Gasteiger partial charge in [0.1, 0.15) is 4.90 Å². The Balaban J connectivity index is 2.74. The molecule has 0 spiro atoms. The van der Waals surface area contributed by atoms with Gasteiger partial charge < -0.3 is 10.8 Å². The summed E-state index contributed by atoms with van der Waals surface area (Å²) < 4.78 is 26.2. The lowest BCUT2D eigenvalue weighted by molar-refractivity contribution is 0.162. The van der Waals surface area contributed by atoms with Crippen LogP contribution in [0.3, 0.4) is 0 Å². The normalized spacial score (nSPS) is 13.5. The molecule has 0 radical (unpaired) electrons. The maximum absolute atomic E-state index is 11.9. The van der Waals surface area contributed by atoms with Crippen molar-refractivity contribution in [3.05, 3.63) is 23.2 Å². The van der Waals surface area contributed by atoms with Gasteiger partial charge in [0.05, 0.1) is 11.1 Å². The van der Waals surface area contributed by atoms with Gasteiger partial charge in [-0.1, -0.05) is 18.5 Å². The van der Waals surface area contributed by atoms with Gasteiger partial charge in [0.15, 0.2) is 0 Å². The molecule has 0 fully saturated rings. The Labute approximate surface area is 112 Å². The van der Waals surface area contributed by atoms with Crippen LogP contribution in [0.4, 0.5) is 5.69 Å². The van der Waals surface area contributed by atoms with Crippen molar-refractivity contribution in [2.24, 2.45) is 0 Å². The van der Waals surface area contributed by atoms with Gasteiger partial charge in [0.25, 0.3) is 0 Å². The van der Waals surface area contributed by atoms with Crippen molar-refractivity contribution in [3.8, 4) is 0 Å². The quantitative estimate of drug-likeness (QED) is 0.690. The Bertz CT molecular complexity index is 505. The van der Waals surface area contributed by atoms with Crippen LogP contribution in [0, 0.1) is 0 Å². The van der Waals surface area contributed by atoms with E-state index in [0.29, 0.717) is 18.5 Å². The zero-order chi connectivity index (χ0) is 13.8. The first kappa shape index (κ1) is 15.2. The summed E-state index contributed by atoms with van der Waals surface area (Å²) in [7, 11) is -3.66. The van der Waals surface area contributed by atoms with E-state index in [9.17, 15) is 13.5 Å². The van der Waals surface area contributed by atoms with Gasteiger partial charge in [-0.05, 0) is 31.0 Å². The Kier molecular flexibility index (Phi) is 5.40. The number of hydrogen-bond acceptors (Lipinski definition) is 4. The molecule has 5 nitrogen and oxygen atoms in total. The molecule has 0 aromatic heterocycles. The Morgan fingerprint density at radius 2 is 2.17 bits per heavy atom. The molecule has 0 heterocycles. The number of benzene rings is 1. The van der Waals surface area contributed by atoms with Gasteiger partial charge in [0.2, 0.25) is 10.0 Å². The standard InChI is InChI=1S/C11H17ClN2O3S/c1-2-9(15)5-6-14-18(16,17)11-4-3-8(13)7-10(11)12/h3-4,7,9,14-15H,2,5-6,13H2,1H3. The molecule has 4 N–H and O–H groups in total. The SMILES string of the molecule is CCC(O)CCNS(=O)(=O)c1ccc(N)cc1Cl. The Morgan fingerprint density at radius 3 is 2.72 bits per heavy atom. The highest BCUT2D eigenvalue weighted by molar-refractivity contribution is 7.89. The zero-order valence-electron chi connectivity index (χ0n) is 10.1. The molecule has 1 rings (SSSR count). The lowest BCUT2D eigenvalue weighted by atomic mass is 10.2. The van der Waals surface area contributed by atoms with E-state index in [1.165, 1.54) is 18.2 Å². The summed E-state index contributed by atoms with van der Waals surface area (Å²) in [5.41, 5.74) is 5.90. The van der Waals surface area contributed by atoms with Crippen LogP contribution in [0.1, 0.15) is 19.8 Å². The van der Waals surface area contributed by atoms with Crippen molar-refractivity contribution < 1.29 is 13.5 Å². The molecule has 1 aromatic carbocycles. The molecule has 7 heteroatoms. The van der Waals surface area contributed by atoms with E-state index in [2.05, 4.69) is 4.72 Å². The smallest absolute Gasteiger partial charge is 0.242 e. The molecule has 102 valence electrons. The van der Waals surface area contributed by atoms with E-state index in [0.717, 1.165) is 0 Å². The number of aliphatic hydroxyl groups is 1. The van der Waals surface area contributed by atoms with Crippen molar-refractivity contribution >= 4 is 27.3 Å². The topological polar surface area (TPSA) is 92.4 Å². The molecule has 0 aliphatic rings. The molecule has 0 aliphatic carbocycles. The minimum Gasteiger partial charge on any atom is -0.399 e. The van der Waals surface area contributed by atoms with Crippen molar-refractivity contribution in [3.63, 3.8) is 0 Å². The first-order chi connectivity index (χ1) is 8.36. The number of hydrogen-bond donors (Lipinski definition) is 3. The van der Waals surface area contributed by atoms with Crippen molar-refractivity contribution in [1.29, 1.82) is 0 Å². The molecule has 0 aliphatic heterocycles. The maximum atomic E-state index is 11.9. The molecule has 0 bridgehead atoms. The fourth-order valence-corrected chi connectivity index (χ4v) is 2.98. The number of nitrogens with one attached hydrogen (secondary N) is 1. The minimum atomic E-state index is -3.66. The number of sulfonamides is 1. The fraction of sp³-hybridized carbons (Fsp3) is 0.455. The molecular weight excluding hydrogens is 276 g/mol. The van der Waals surface area contributed by atoms with Gasteiger partial charge in [-0.15, -0.1) is 0 Å². The van der Waals surface area contributed by atoms with Gasteiger partial charge in [0, 0.05) is 12.2 Å². The van der Waals surface area contributed by atoms with Crippen LogP contribution in [0.5, 0.6) is 0 Å².